The second-order valence-corrected chi connectivity index (χ2v) is 7.43. The molecule has 5 rings (SSSR count). The Morgan fingerprint density at radius 2 is 1.41 bits per heavy atom. The number of hydrogen-bond donors (Lipinski definition) is 1. The van der Waals surface area contributed by atoms with Gasteiger partial charge in [0.1, 0.15) is 35.7 Å². The van der Waals surface area contributed by atoms with Gasteiger partial charge in [0.25, 0.3) is 0 Å². The lowest BCUT2D eigenvalue weighted by molar-refractivity contribution is 0.303. The van der Waals surface area contributed by atoms with E-state index in [1.54, 1.807) is 24.3 Å². The third kappa shape index (κ3) is 3.88. The van der Waals surface area contributed by atoms with E-state index in [1.807, 2.05) is 60.7 Å². The Kier molecular flexibility index (Phi) is 5.22. The molecule has 1 heterocycles. The second kappa shape index (κ2) is 8.47. The molecule has 0 saturated carbocycles. The van der Waals surface area contributed by atoms with Crippen LogP contribution >= 0.6 is 0 Å². The molecule has 0 spiro atoms. The molecule has 0 aliphatic carbocycles. The Bertz CT molecular complexity index is 1440. The van der Waals surface area contributed by atoms with E-state index in [0.717, 1.165) is 11.1 Å². The van der Waals surface area contributed by atoms with Crippen LogP contribution in [0.5, 0.6) is 17.2 Å². The van der Waals surface area contributed by atoms with Crippen molar-refractivity contribution in [3.05, 3.63) is 112 Å². The van der Waals surface area contributed by atoms with Crippen LogP contribution in [0.2, 0.25) is 0 Å². The normalized spacial score (nSPS) is 11.0. The summed E-state index contributed by atoms with van der Waals surface area (Å²) in [5, 5.41) is 11.0. The fourth-order valence-corrected chi connectivity index (χ4v) is 3.60. The third-order valence-electron chi connectivity index (χ3n) is 5.20. The van der Waals surface area contributed by atoms with Crippen molar-refractivity contribution in [2.45, 2.75) is 13.2 Å². The maximum Gasteiger partial charge on any atom is 0.204 e. The monoisotopic (exact) mass is 424 g/mol. The number of benzene rings is 4. The Labute approximate surface area is 184 Å². The summed E-state index contributed by atoms with van der Waals surface area (Å²) in [4.78, 5) is 13.1. The molecule has 0 atom stereocenters. The van der Waals surface area contributed by atoms with Crippen molar-refractivity contribution < 1.29 is 19.0 Å². The predicted octanol–water partition coefficient (Wildman–Crippen LogP) is 5.81. The van der Waals surface area contributed by atoms with E-state index < -0.39 is 0 Å². The highest BCUT2D eigenvalue weighted by Gasteiger charge is 2.16. The van der Waals surface area contributed by atoms with Crippen LogP contribution in [0.15, 0.2) is 100 Å². The van der Waals surface area contributed by atoms with E-state index in [4.69, 9.17) is 13.9 Å². The molecular weight excluding hydrogens is 404 g/mol. The molecule has 158 valence electrons. The van der Waals surface area contributed by atoms with Gasteiger partial charge in [0.15, 0.2) is 11.3 Å². The molecule has 0 radical (unpaired) electrons. The van der Waals surface area contributed by atoms with Crippen molar-refractivity contribution >= 4 is 21.9 Å². The molecule has 5 nitrogen and oxygen atoms in total. The van der Waals surface area contributed by atoms with Gasteiger partial charge in [-0.2, -0.15) is 0 Å². The molecule has 0 amide bonds. The van der Waals surface area contributed by atoms with E-state index in [0.29, 0.717) is 35.7 Å². The standard InChI is InChI=1S/C27H20O5/c28-22-14-20(30-16-18-8-3-1-4-9-18)15-24-25(22)26(29)21-12-7-13-23(27(21)32-24)31-17-19-10-5-2-6-11-19/h1-15,28H,16-17H2. The second-order valence-electron chi connectivity index (χ2n) is 7.43. The Hall–Kier alpha value is -4.25. The highest BCUT2D eigenvalue weighted by Crippen LogP contribution is 2.33. The molecule has 0 aliphatic heterocycles. The number of phenolic OH excluding ortho intramolecular Hbond substituents is 1. The van der Waals surface area contributed by atoms with Gasteiger partial charge in [-0.15, -0.1) is 0 Å². The lowest BCUT2D eigenvalue weighted by Crippen LogP contribution is -2.04. The van der Waals surface area contributed by atoms with Gasteiger partial charge in [-0.3, -0.25) is 4.79 Å². The highest BCUT2D eigenvalue weighted by molar-refractivity contribution is 5.95. The molecule has 0 fully saturated rings. The van der Waals surface area contributed by atoms with E-state index >= 15 is 0 Å². The molecular formula is C27H20O5. The van der Waals surface area contributed by atoms with Crippen molar-refractivity contribution in [3.63, 3.8) is 0 Å². The van der Waals surface area contributed by atoms with E-state index in [2.05, 4.69) is 0 Å². The van der Waals surface area contributed by atoms with Crippen LogP contribution in [-0.4, -0.2) is 5.11 Å². The van der Waals surface area contributed by atoms with Crippen molar-refractivity contribution in [2.75, 3.05) is 0 Å². The lowest BCUT2D eigenvalue weighted by atomic mass is 10.1. The molecule has 1 N–H and O–H groups in total. The number of aromatic hydroxyl groups is 1. The van der Waals surface area contributed by atoms with Gasteiger partial charge < -0.3 is 19.0 Å². The van der Waals surface area contributed by atoms with Crippen LogP contribution in [0, 0.1) is 0 Å². The van der Waals surface area contributed by atoms with Gasteiger partial charge in [-0.05, 0) is 23.3 Å². The fraction of sp³-hybridized carbons (Fsp3) is 0.0741. The molecule has 0 aliphatic rings. The number of fused-ring (bicyclic) bond motifs is 2. The minimum absolute atomic E-state index is 0.116. The SMILES string of the molecule is O=c1c2cccc(OCc3ccccc3)c2oc2cc(OCc3ccccc3)cc(O)c12. The van der Waals surface area contributed by atoms with Gasteiger partial charge in [0.2, 0.25) is 5.43 Å². The summed E-state index contributed by atoms with van der Waals surface area (Å²) >= 11 is 0. The molecule has 32 heavy (non-hydrogen) atoms. The topological polar surface area (TPSA) is 68.9 Å². The molecule has 4 aromatic carbocycles. The molecule has 0 bridgehead atoms. The first kappa shape index (κ1) is 19.7. The summed E-state index contributed by atoms with van der Waals surface area (Å²) in [7, 11) is 0. The fourth-order valence-electron chi connectivity index (χ4n) is 3.60. The number of rotatable bonds is 6. The van der Waals surface area contributed by atoms with E-state index in [1.165, 1.54) is 6.07 Å². The van der Waals surface area contributed by atoms with E-state index in [-0.39, 0.29) is 22.1 Å². The maximum absolute atomic E-state index is 13.1. The van der Waals surface area contributed by atoms with Crippen LogP contribution in [0.4, 0.5) is 0 Å². The average Bonchev–Trinajstić information content (AvgIpc) is 2.83. The predicted molar refractivity (Wildman–Crippen MR) is 123 cm³/mol. The van der Waals surface area contributed by atoms with Gasteiger partial charge >= 0.3 is 0 Å². The maximum atomic E-state index is 13.1. The number of phenols is 1. The average molecular weight is 424 g/mol. The zero-order valence-corrected chi connectivity index (χ0v) is 17.2. The Morgan fingerprint density at radius 1 is 0.750 bits per heavy atom. The largest absolute Gasteiger partial charge is 0.507 e. The molecule has 0 unspecified atom stereocenters. The third-order valence-corrected chi connectivity index (χ3v) is 5.20. The quantitative estimate of drug-likeness (QED) is 0.348. The lowest BCUT2D eigenvalue weighted by Gasteiger charge is -2.11. The van der Waals surface area contributed by atoms with E-state index in [9.17, 15) is 9.90 Å². The number of para-hydroxylation sites is 1. The summed E-state index contributed by atoms with van der Waals surface area (Å²) in [5.74, 6) is 0.682. The van der Waals surface area contributed by atoms with Crippen LogP contribution in [0.25, 0.3) is 21.9 Å². The number of hydrogen-bond acceptors (Lipinski definition) is 5. The molecule has 1 aromatic heterocycles. The summed E-state index contributed by atoms with van der Waals surface area (Å²) in [5.41, 5.74) is 2.24. The van der Waals surface area contributed by atoms with Crippen LogP contribution in [0.3, 0.4) is 0 Å². The van der Waals surface area contributed by atoms with Crippen molar-refractivity contribution in [1.29, 1.82) is 0 Å². The highest BCUT2D eigenvalue weighted by atomic mass is 16.5. The van der Waals surface area contributed by atoms with Crippen molar-refractivity contribution in [1.82, 2.24) is 0 Å². The van der Waals surface area contributed by atoms with Crippen LogP contribution in [0.1, 0.15) is 11.1 Å². The van der Waals surface area contributed by atoms with Crippen molar-refractivity contribution in [2.24, 2.45) is 0 Å². The van der Waals surface area contributed by atoms with Crippen molar-refractivity contribution in [3.8, 4) is 17.2 Å². The molecule has 0 saturated heterocycles. The Balaban J connectivity index is 1.53. The minimum atomic E-state index is -0.321. The van der Waals surface area contributed by atoms with Gasteiger partial charge in [-0.1, -0.05) is 66.7 Å². The summed E-state index contributed by atoms with van der Waals surface area (Å²) in [6.07, 6.45) is 0. The Morgan fingerprint density at radius 3 is 2.09 bits per heavy atom. The van der Waals surface area contributed by atoms with Gasteiger partial charge in [0, 0.05) is 12.1 Å². The van der Waals surface area contributed by atoms with Gasteiger partial charge in [-0.25, -0.2) is 0 Å². The summed E-state index contributed by atoms with van der Waals surface area (Å²) < 4.78 is 17.8. The smallest absolute Gasteiger partial charge is 0.204 e. The zero-order valence-electron chi connectivity index (χ0n) is 17.2. The first-order chi connectivity index (χ1) is 15.7. The van der Waals surface area contributed by atoms with Crippen LogP contribution in [-0.2, 0) is 13.2 Å². The number of ether oxygens (including phenoxy) is 2. The molecule has 5 aromatic rings. The first-order valence-electron chi connectivity index (χ1n) is 10.2. The first-order valence-corrected chi connectivity index (χ1v) is 10.2. The molecule has 5 heteroatoms. The van der Waals surface area contributed by atoms with Crippen LogP contribution < -0.4 is 14.9 Å². The zero-order chi connectivity index (χ0) is 21.9. The van der Waals surface area contributed by atoms with Gasteiger partial charge in [0.05, 0.1) is 5.39 Å². The summed E-state index contributed by atoms with van der Waals surface area (Å²) in [6, 6.07) is 27.6. The summed E-state index contributed by atoms with van der Waals surface area (Å²) in [6.45, 7) is 0.669. The minimum Gasteiger partial charge on any atom is -0.507 e.